The van der Waals surface area contributed by atoms with Gasteiger partial charge in [-0.1, -0.05) is 0 Å². The van der Waals surface area contributed by atoms with Crippen LogP contribution in [-0.2, 0) is 15.9 Å². The predicted octanol–water partition coefficient (Wildman–Crippen LogP) is -0.540. The van der Waals surface area contributed by atoms with Crippen LogP contribution in [0.4, 0.5) is 4.79 Å². The Morgan fingerprint density at radius 3 is 2.62 bits per heavy atom. The zero-order valence-electron chi connectivity index (χ0n) is 6.77. The predicted molar refractivity (Wildman–Crippen MR) is 59.3 cm³/mol. The summed E-state index contributed by atoms with van der Waals surface area (Å²) in [5.74, 6) is -1.46. The van der Waals surface area contributed by atoms with Crippen molar-refractivity contribution in [2.24, 2.45) is 0 Å². The van der Waals surface area contributed by atoms with Gasteiger partial charge in [-0.15, -0.1) is 0 Å². The number of hydrogen-bond donors (Lipinski definition) is 1. The fourth-order valence-corrected chi connectivity index (χ4v) is 1.65. The van der Waals surface area contributed by atoms with Gasteiger partial charge in [0, 0.05) is 0 Å². The van der Waals surface area contributed by atoms with Crippen molar-refractivity contribution >= 4 is 55.7 Å². The molecule has 1 N–H and O–H groups in total. The molecule has 5 nitrogen and oxygen atoms in total. The summed E-state index contributed by atoms with van der Waals surface area (Å²) in [6, 6.07) is 1.21. The van der Waals surface area contributed by atoms with E-state index in [2.05, 4.69) is 0 Å². The van der Waals surface area contributed by atoms with E-state index in [0.29, 0.717) is 0 Å². The Morgan fingerprint density at radius 2 is 2.23 bits per heavy atom. The molecule has 1 amide bonds. The van der Waals surface area contributed by atoms with Gasteiger partial charge in [0.15, 0.2) is 0 Å². The van der Waals surface area contributed by atoms with Crippen molar-refractivity contribution < 1.29 is 18.9 Å². The van der Waals surface area contributed by atoms with Crippen LogP contribution in [0.3, 0.4) is 0 Å². The number of aliphatic carboxylic acids is 1. The van der Waals surface area contributed by atoms with Crippen LogP contribution < -0.4 is 0 Å². The molecular formula is C4H6B2INO4S. The van der Waals surface area contributed by atoms with Gasteiger partial charge in [-0.3, -0.25) is 0 Å². The minimum absolute atomic E-state index is 0.197. The van der Waals surface area contributed by atoms with Crippen LogP contribution >= 0.6 is 22.4 Å². The second-order valence-corrected chi connectivity index (χ2v) is 4.03. The van der Waals surface area contributed by atoms with Gasteiger partial charge in [-0.2, -0.15) is 0 Å². The van der Waals surface area contributed by atoms with E-state index in [0.717, 1.165) is 4.90 Å². The monoisotopic (exact) mass is 313 g/mol. The third-order valence-electron chi connectivity index (χ3n) is 1.16. The number of rotatable bonds is 4. The quantitative estimate of drug-likeness (QED) is 0.559. The van der Waals surface area contributed by atoms with Gasteiger partial charge in [0.25, 0.3) is 0 Å². The summed E-state index contributed by atoms with van der Waals surface area (Å²) >= 11 is 1.97. The molecule has 0 radical (unpaired) electrons. The average Bonchev–Trinajstić information content (AvgIpc) is 2.02. The zero-order valence-corrected chi connectivity index (χ0v) is 9.74. The van der Waals surface area contributed by atoms with Crippen LogP contribution in [0.5, 0.6) is 0 Å². The molecule has 0 atom stereocenters. The molecule has 70 valence electrons. The number of likely N-dealkylation sites (N-methyl/N-ethyl adjacent to an activating group) is 1. The normalized spacial score (nSPS) is 8.46. The van der Waals surface area contributed by atoms with E-state index in [1.54, 1.807) is 22.4 Å². The van der Waals surface area contributed by atoms with Crippen molar-refractivity contribution in [1.82, 2.24) is 4.90 Å². The molecule has 0 aliphatic carbocycles. The summed E-state index contributed by atoms with van der Waals surface area (Å²) in [5.41, 5.74) is 0. The van der Waals surface area contributed by atoms with Gasteiger partial charge in [-0.05, 0) is 0 Å². The number of carboxylic acid groups (broad SMARTS) is 1. The fourth-order valence-electron chi connectivity index (χ4n) is 0.598. The Kier molecular flexibility index (Phi) is 6.21. The number of amides is 1. The van der Waals surface area contributed by atoms with Crippen molar-refractivity contribution in [3.8, 4) is 0 Å². The molecule has 0 bridgehead atoms. The number of carbonyl (C=O) groups is 2. The van der Waals surface area contributed by atoms with E-state index in [9.17, 15) is 13.8 Å². The number of halogens is 1. The Balaban J connectivity index is 4.24. The Bertz CT molecular complexity index is 269. The molecule has 0 aromatic heterocycles. The summed E-state index contributed by atoms with van der Waals surface area (Å²) in [7, 11) is 1.38. The van der Waals surface area contributed by atoms with Crippen LogP contribution in [0.1, 0.15) is 0 Å². The second kappa shape index (κ2) is 6.30. The standard InChI is InChI=1S/C4H6B2INO4S/c1-8(2-3(9)10)4(11)6(7)5-13-12/h2H2,1H3,(H,9,10). The maximum absolute atomic E-state index is 11.2. The maximum atomic E-state index is 11.2. The minimum atomic E-state index is -1.07. The van der Waals surface area contributed by atoms with Crippen LogP contribution in [0, 0.1) is 0 Å². The van der Waals surface area contributed by atoms with Crippen molar-refractivity contribution in [1.29, 1.82) is 0 Å². The summed E-state index contributed by atoms with van der Waals surface area (Å²) in [6.45, 7) is -0.351. The van der Waals surface area contributed by atoms with E-state index in [4.69, 9.17) is 5.11 Å². The Hall–Kier alpha value is -0.180. The average molecular weight is 313 g/mol. The summed E-state index contributed by atoms with van der Waals surface area (Å²) < 4.78 is 9.48. The second-order valence-electron chi connectivity index (χ2n) is 2.22. The molecular weight excluding hydrogens is 307 g/mol. The van der Waals surface area contributed by atoms with Crippen LogP contribution in [0.2, 0.25) is 0 Å². The van der Waals surface area contributed by atoms with Crippen LogP contribution in [-0.4, -0.2) is 50.1 Å². The molecule has 0 saturated carbocycles. The van der Waals surface area contributed by atoms with Gasteiger partial charge in [0.2, 0.25) is 0 Å². The summed E-state index contributed by atoms with van der Waals surface area (Å²) in [4.78, 5) is 22.5. The number of carboxylic acids is 1. The first-order valence-corrected chi connectivity index (χ1v) is 5.27. The molecule has 0 aromatic carbocycles. The van der Waals surface area contributed by atoms with Gasteiger partial charge < -0.3 is 0 Å². The topological polar surface area (TPSA) is 74.7 Å². The first-order chi connectivity index (χ1) is 5.99. The van der Waals surface area contributed by atoms with E-state index < -0.39 is 10.4 Å². The number of hydrogen-bond acceptors (Lipinski definition) is 3. The van der Waals surface area contributed by atoms with E-state index in [1.807, 2.05) is 0 Å². The van der Waals surface area contributed by atoms with E-state index in [1.165, 1.54) is 13.1 Å². The van der Waals surface area contributed by atoms with Crippen LogP contribution in [0.25, 0.3) is 0 Å². The molecule has 9 heteroatoms. The molecule has 0 saturated heterocycles. The van der Waals surface area contributed by atoms with Crippen molar-refractivity contribution in [3.05, 3.63) is 0 Å². The third kappa shape index (κ3) is 5.19. The summed E-state index contributed by atoms with van der Waals surface area (Å²) in [6.07, 6.45) is 0. The molecule has 0 aliphatic heterocycles. The molecule has 0 rings (SSSR count). The SMILES string of the molecule is CN(CC(=O)O)C(=O)B(I)B=S=O. The number of nitrogens with zero attached hydrogens (tertiary/aromatic N) is 1. The van der Waals surface area contributed by atoms with E-state index >= 15 is 0 Å². The van der Waals surface area contributed by atoms with Crippen molar-refractivity contribution in [2.75, 3.05) is 13.6 Å². The van der Waals surface area contributed by atoms with Crippen LogP contribution in [0.15, 0.2) is 0 Å². The molecule has 13 heavy (non-hydrogen) atoms. The fraction of sp³-hybridized carbons (Fsp3) is 0.500. The first-order valence-electron chi connectivity index (χ1n) is 3.22. The van der Waals surface area contributed by atoms with Gasteiger partial charge in [-0.25, -0.2) is 0 Å². The van der Waals surface area contributed by atoms with Crippen molar-refractivity contribution in [2.45, 2.75) is 0 Å². The summed E-state index contributed by atoms with van der Waals surface area (Å²) in [5, 5.41) is 8.37. The van der Waals surface area contributed by atoms with E-state index in [-0.39, 0.29) is 23.4 Å². The zero-order chi connectivity index (χ0) is 10.4. The Morgan fingerprint density at radius 1 is 1.69 bits per heavy atom. The number of carbonyl (C=O) groups excluding carboxylic acids is 1. The Labute approximate surface area is 93.0 Å². The van der Waals surface area contributed by atoms with Gasteiger partial charge in [0.05, 0.1) is 0 Å². The van der Waals surface area contributed by atoms with Gasteiger partial charge >= 0.3 is 93.1 Å². The third-order valence-corrected chi connectivity index (χ3v) is 2.92. The molecule has 0 unspecified atom stereocenters. The molecule has 0 aromatic rings. The molecule has 0 aliphatic rings. The van der Waals surface area contributed by atoms with Crippen molar-refractivity contribution in [3.63, 3.8) is 0 Å². The molecule has 0 spiro atoms. The first kappa shape index (κ1) is 12.8. The molecule has 0 heterocycles. The molecule has 0 fully saturated rings. The van der Waals surface area contributed by atoms with Gasteiger partial charge in [0.1, 0.15) is 0 Å².